The molecule has 2 N–H and O–H groups in total. The zero-order valence-electron chi connectivity index (χ0n) is 18.1. The van der Waals surface area contributed by atoms with Crippen molar-refractivity contribution in [1.82, 2.24) is 24.7 Å². The van der Waals surface area contributed by atoms with Crippen LogP contribution in [0.1, 0.15) is 33.0 Å². The Kier molecular flexibility index (Phi) is 10.3. The maximum Gasteiger partial charge on any atom is 0.424 e. The quantitative estimate of drug-likeness (QED) is 0.313. The summed E-state index contributed by atoms with van der Waals surface area (Å²) in [5, 5.41) is 13.6. The fourth-order valence-corrected chi connectivity index (χ4v) is 3.55. The largest absolute Gasteiger partial charge is 0.424 e. The number of aromatic nitrogens is 2. The minimum atomic E-state index is -4.84. The van der Waals surface area contributed by atoms with E-state index in [0.717, 1.165) is 32.7 Å². The molecule has 11 heteroatoms. The molecule has 1 aromatic heterocycles. The number of alkyl halides is 3. The number of guanidine groups is 1. The highest BCUT2D eigenvalue weighted by atomic mass is 127. The first kappa shape index (κ1) is 27.0. The smallest absolute Gasteiger partial charge is 0.374 e. The molecule has 0 aromatic carbocycles. The number of aliphatic imine (C=N–C) groups is 1. The Morgan fingerprint density at radius 1 is 1.27 bits per heavy atom. The maximum absolute atomic E-state index is 13.6. The van der Waals surface area contributed by atoms with Crippen LogP contribution in [0.2, 0.25) is 0 Å². The van der Waals surface area contributed by atoms with Crippen LogP contribution in [0.4, 0.5) is 13.2 Å². The summed E-state index contributed by atoms with van der Waals surface area (Å²) in [4.78, 5) is 12.5. The third kappa shape index (κ3) is 6.71. The topological polar surface area (TPSA) is 68.9 Å². The second-order valence-electron chi connectivity index (χ2n) is 7.89. The van der Waals surface area contributed by atoms with Gasteiger partial charge in [-0.15, -0.1) is 24.0 Å². The molecule has 174 valence electrons. The second-order valence-corrected chi connectivity index (χ2v) is 7.89. The number of imidazole rings is 1. The molecule has 0 aliphatic carbocycles. The summed E-state index contributed by atoms with van der Waals surface area (Å²) in [6, 6.07) is 0. The van der Waals surface area contributed by atoms with Gasteiger partial charge in [0.2, 0.25) is 5.60 Å². The normalized spacial score (nSPS) is 18.3. The minimum absolute atomic E-state index is 0. The van der Waals surface area contributed by atoms with Crippen LogP contribution in [-0.2, 0) is 12.6 Å². The lowest BCUT2D eigenvalue weighted by molar-refractivity contribution is -0.272. The highest BCUT2D eigenvalue weighted by Gasteiger charge is 2.57. The van der Waals surface area contributed by atoms with Crippen molar-refractivity contribution in [3.05, 3.63) is 18.2 Å². The van der Waals surface area contributed by atoms with Crippen molar-refractivity contribution in [2.24, 2.45) is 18.0 Å². The van der Waals surface area contributed by atoms with Crippen molar-refractivity contribution in [1.29, 1.82) is 0 Å². The van der Waals surface area contributed by atoms with Gasteiger partial charge in [0.15, 0.2) is 5.96 Å². The Bertz CT molecular complexity index is 673. The number of piperazine rings is 1. The Balaban J connectivity index is 0.00000450. The van der Waals surface area contributed by atoms with Gasteiger partial charge >= 0.3 is 6.18 Å². The molecule has 2 rings (SSSR count). The van der Waals surface area contributed by atoms with Crippen LogP contribution < -0.4 is 5.32 Å². The van der Waals surface area contributed by atoms with E-state index >= 15 is 0 Å². The predicted molar refractivity (Wildman–Crippen MR) is 122 cm³/mol. The van der Waals surface area contributed by atoms with E-state index in [0.29, 0.717) is 18.4 Å². The van der Waals surface area contributed by atoms with Gasteiger partial charge in [0.25, 0.3) is 0 Å². The molecule has 1 unspecified atom stereocenters. The predicted octanol–water partition coefficient (Wildman–Crippen LogP) is 2.42. The molecule has 0 spiro atoms. The standard InChI is InChI=1S/C19H33F3N6O.HI/c1-5-23-17(28-12-10-27(11-13-28)14-15(2)3)25-7-6-18(29,19(20,21)22)16-24-8-9-26(16)4;/h8-9,15,29H,5-7,10-14H2,1-4H3,(H,23,25);1H. The first-order valence-electron chi connectivity index (χ1n) is 10.1. The van der Waals surface area contributed by atoms with E-state index in [1.807, 2.05) is 6.92 Å². The number of aryl methyl sites for hydroxylation is 1. The van der Waals surface area contributed by atoms with Crippen LogP contribution in [0.15, 0.2) is 17.4 Å². The van der Waals surface area contributed by atoms with E-state index in [1.165, 1.54) is 24.0 Å². The number of hydrogen-bond acceptors (Lipinski definition) is 4. The van der Waals surface area contributed by atoms with Crippen molar-refractivity contribution in [2.75, 3.05) is 45.8 Å². The molecule has 1 atom stereocenters. The van der Waals surface area contributed by atoms with E-state index in [-0.39, 0.29) is 30.5 Å². The van der Waals surface area contributed by atoms with E-state index in [2.05, 4.69) is 38.9 Å². The molecule has 1 saturated heterocycles. The highest BCUT2D eigenvalue weighted by Crippen LogP contribution is 2.40. The number of aliphatic hydroxyl groups is 1. The van der Waals surface area contributed by atoms with Gasteiger partial charge in [-0.1, -0.05) is 13.8 Å². The van der Waals surface area contributed by atoms with Crippen LogP contribution in [0.25, 0.3) is 0 Å². The summed E-state index contributed by atoms with van der Waals surface area (Å²) >= 11 is 0. The highest BCUT2D eigenvalue weighted by molar-refractivity contribution is 14.0. The average molecular weight is 546 g/mol. The number of halogens is 4. The molecule has 0 bridgehead atoms. The number of hydrogen-bond donors (Lipinski definition) is 2. The lowest BCUT2D eigenvalue weighted by atomic mass is 9.98. The maximum atomic E-state index is 13.6. The zero-order chi connectivity index (χ0) is 21.7. The number of nitrogens with one attached hydrogen (secondary N) is 1. The molecule has 0 amide bonds. The number of nitrogens with zero attached hydrogens (tertiary/aromatic N) is 5. The summed E-state index contributed by atoms with van der Waals surface area (Å²) in [6.45, 7) is 11.1. The Hall–Kier alpha value is -1.08. The SMILES string of the molecule is CCNC(=NCCC(O)(c1nccn1C)C(F)(F)F)N1CCN(CC(C)C)CC1.I. The van der Waals surface area contributed by atoms with Crippen LogP contribution in [0.5, 0.6) is 0 Å². The van der Waals surface area contributed by atoms with Crippen molar-refractivity contribution < 1.29 is 18.3 Å². The molecule has 0 saturated carbocycles. The fourth-order valence-electron chi connectivity index (χ4n) is 3.55. The van der Waals surface area contributed by atoms with Crippen LogP contribution in [-0.4, -0.2) is 82.4 Å². The summed E-state index contributed by atoms with van der Waals surface area (Å²) in [5.41, 5.74) is -3.04. The second kappa shape index (κ2) is 11.5. The molecule has 1 fully saturated rings. The number of rotatable bonds is 7. The summed E-state index contributed by atoms with van der Waals surface area (Å²) in [6.07, 6.45) is -2.81. The monoisotopic (exact) mass is 546 g/mol. The first-order valence-corrected chi connectivity index (χ1v) is 10.1. The van der Waals surface area contributed by atoms with Gasteiger partial charge in [0.05, 0.1) is 0 Å². The van der Waals surface area contributed by atoms with Crippen molar-refractivity contribution in [2.45, 2.75) is 39.0 Å². The third-order valence-corrected chi connectivity index (χ3v) is 5.03. The molecular formula is C19H34F3IN6O. The molecule has 7 nitrogen and oxygen atoms in total. The lowest BCUT2D eigenvalue weighted by Crippen LogP contribution is -2.53. The van der Waals surface area contributed by atoms with Crippen LogP contribution >= 0.6 is 24.0 Å². The fraction of sp³-hybridized carbons (Fsp3) is 0.789. The van der Waals surface area contributed by atoms with E-state index in [9.17, 15) is 18.3 Å². The van der Waals surface area contributed by atoms with Gasteiger partial charge < -0.3 is 19.9 Å². The molecular weight excluding hydrogens is 512 g/mol. The van der Waals surface area contributed by atoms with Gasteiger partial charge in [-0.3, -0.25) is 9.89 Å². The first-order chi connectivity index (χ1) is 13.6. The Labute approximate surface area is 193 Å². The van der Waals surface area contributed by atoms with Gasteiger partial charge in [-0.05, 0) is 12.8 Å². The third-order valence-electron chi connectivity index (χ3n) is 5.03. The van der Waals surface area contributed by atoms with Crippen molar-refractivity contribution >= 4 is 29.9 Å². The zero-order valence-corrected chi connectivity index (χ0v) is 20.4. The summed E-state index contributed by atoms with van der Waals surface area (Å²) < 4.78 is 42.1. The van der Waals surface area contributed by atoms with Crippen LogP contribution in [0, 0.1) is 5.92 Å². The van der Waals surface area contributed by atoms with Crippen molar-refractivity contribution in [3.8, 4) is 0 Å². The van der Waals surface area contributed by atoms with Crippen molar-refractivity contribution in [3.63, 3.8) is 0 Å². The van der Waals surface area contributed by atoms with Gasteiger partial charge in [-0.25, -0.2) is 4.98 Å². The summed E-state index contributed by atoms with van der Waals surface area (Å²) in [5.74, 6) is 0.753. The van der Waals surface area contributed by atoms with E-state index < -0.39 is 24.0 Å². The molecule has 0 radical (unpaired) electrons. The summed E-state index contributed by atoms with van der Waals surface area (Å²) in [7, 11) is 1.43. The van der Waals surface area contributed by atoms with Gasteiger partial charge in [-0.2, -0.15) is 13.2 Å². The Morgan fingerprint density at radius 2 is 1.90 bits per heavy atom. The molecule has 1 aliphatic rings. The van der Waals surface area contributed by atoms with E-state index in [1.54, 1.807) is 0 Å². The van der Waals surface area contributed by atoms with Crippen LogP contribution in [0.3, 0.4) is 0 Å². The van der Waals surface area contributed by atoms with Gasteiger partial charge in [0.1, 0.15) is 5.82 Å². The van der Waals surface area contributed by atoms with Gasteiger partial charge in [0, 0.05) is 71.7 Å². The lowest BCUT2D eigenvalue weighted by Gasteiger charge is -2.37. The average Bonchev–Trinajstić information content (AvgIpc) is 3.06. The molecule has 30 heavy (non-hydrogen) atoms. The molecule has 1 aromatic rings. The van der Waals surface area contributed by atoms with E-state index in [4.69, 9.17) is 0 Å². The Morgan fingerprint density at radius 3 is 2.37 bits per heavy atom. The molecule has 2 heterocycles. The minimum Gasteiger partial charge on any atom is -0.374 e. The molecule has 1 aliphatic heterocycles.